The van der Waals surface area contributed by atoms with Gasteiger partial charge in [0.1, 0.15) is 0 Å². The van der Waals surface area contributed by atoms with Gasteiger partial charge in [-0.1, -0.05) is 30.7 Å². The number of nitrogens with two attached hydrogens (primary N) is 1. The van der Waals surface area contributed by atoms with E-state index in [0.29, 0.717) is 12.5 Å². The number of pyridine rings is 1. The molecule has 2 fully saturated rings. The van der Waals surface area contributed by atoms with Crippen molar-refractivity contribution in [1.29, 1.82) is 0 Å². The van der Waals surface area contributed by atoms with Gasteiger partial charge < -0.3 is 10.8 Å². The first-order valence-corrected chi connectivity index (χ1v) is 7.95. The number of aromatic nitrogens is 1. The second kappa shape index (κ2) is 4.79. The van der Waals surface area contributed by atoms with Crippen molar-refractivity contribution in [3.8, 4) is 0 Å². The van der Waals surface area contributed by atoms with Crippen LogP contribution in [0.25, 0.3) is 10.8 Å². The van der Waals surface area contributed by atoms with E-state index in [1.54, 1.807) is 0 Å². The fourth-order valence-corrected chi connectivity index (χ4v) is 4.85. The zero-order chi connectivity index (χ0) is 14.4. The van der Waals surface area contributed by atoms with E-state index in [1.807, 2.05) is 24.5 Å². The van der Waals surface area contributed by atoms with Gasteiger partial charge in [0.15, 0.2) is 0 Å². The lowest BCUT2D eigenvalue weighted by molar-refractivity contribution is -0.0123. The fourth-order valence-electron chi connectivity index (χ4n) is 4.85. The summed E-state index contributed by atoms with van der Waals surface area (Å²) in [6.45, 7) is 0.568. The van der Waals surface area contributed by atoms with E-state index in [2.05, 4.69) is 17.1 Å². The van der Waals surface area contributed by atoms with Crippen molar-refractivity contribution in [2.75, 3.05) is 6.54 Å². The predicted octanol–water partition coefficient (Wildman–Crippen LogP) is 3.03. The highest BCUT2D eigenvalue weighted by Crippen LogP contribution is 2.60. The second-order valence-electron chi connectivity index (χ2n) is 6.87. The van der Waals surface area contributed by atoms with E-state index in [0.717, 1.165) is 28.7 Å². The van der Waals surface area contributed by atoms with E-state index in [4.69, 9.17) is 5.73 Å². The molecule has 0 amide bonds. The van der Waals surface area contributed by atoms with Gasteiger partial charge in [-0.05, 0) is 36.5 Å². The number of fused-ring (bicyclic) bond motifs is 3. The first kappa shape index (κ1) is 13.2. The Kier molecular flexibility index (Phi) is 3.02. The maximum atomic E-state index is 11.2. The lowest BCUT2D eigenvalue weighted by atomic mass is 9.67. The minimum Gasteiger partial charge on any atom is -0.388 e. The average molecular weight is 282 g/mol. The first-order chi connectivity index (χ1) is 10.2. The normalized spacial score (nSPS) is 32.7. The molecule has 4 unspecified atom stereocenters. The Labute approximate surface area is 125 Å². The number of hydrogen-bond donors (Lipinski definition) is 2. The van der Waals surface area contributed by atoms with Crippen LogP contribution in [0.1, 0.15) is 37.4 Å². The molecule has 0 saturated heterocycles. The summed E-state index contributed by atoms with van der Waals surface area (Å²) in [5, 5.41) is 13.4. The van der Waals surface area contributed by atoms with Crippen LogP contribution in [-0.4, -0.2) is 16.6 Å². The minimum absolute atomic E-state index is 0.144. The quantitative estimate of drug-likeness (QED) is 0.909. The maximum Gasteiger partial charge on any atom is 0.0881 e. The molecule has 4 rings (SSSR count). The highest BCUT2D eigenvalue weighted by Gasteiger charge is 2.54. The van der Waals surface area contributed by atoms with Crippen LogP contribution in [0, 0.1) is 17.3 Å². The summed E-state index contributed by atoms with van der Waals surface area (Å²) in [5.41, 5.74) is 6.96. The number of aliphatic hydroxyl groups excluding tert-OH is 1. The molecule has 0 aliphatic heterocycles. The number of nitrogens with zero attached hydrogens (tertiary/aromatic N) is 1. The van der Waals surface area contributed by atoms with Crippen LogP contribution in [0.3, 0.4) is 0 Å². The van der Waals surface area contributed by atoms with Gasteiger partial charge in [0, 0.05) is 35.3 Å². The highest BCUT2D eigenvalue weighted by molar-refractivity contribution is 5.85. The number of benzene rings is 1. The number of hydrogen-bond acceptors (Lipinski definition) is 3. The molecule has 1 aromatic heterocycles. The third-order valence-corrected chi connectivity index (χ3v) is 5.94. The van der Waals surface area contributed by atoms with Gasteiger partial charge >= 0.3 is 0 Å². The predicted molar refractivity (Wildman–Crippen MR) is 83.6 cm³/mol. The molecule has 0 radical (unpaired) electrons. The van der Waals surface area contributed by atoms with Crippen LogP contribution in [0.5, 0.6) is 0 Å². The van der Waals surface area contributed by atoms with Gasteiger partial charge in [0.05, 0.1) is 6.10 Å². The molecule has 3 nitrogen and oxygen atoms in total. The smallest absolute Gasteiger partial charge is 0.0881 e. The molecule has 2 aliphatic rings. The Morgan fingerprint density at radius 1 is 1.29 bits per heavy atom. The summed E-state index contributed by atoms with van der Waals surface area (Å²) >= 11 is 0. The Morgan fingerprint density at radius 3 is 2.86 bits per heavy atom. The lowest BCUT2D eigenvalue weighted by Crippen LogP contribution is -2.41. The zero-order valence-electron chi connectivity index (χ0n) is 12.2. The van der Waals surface area contributed by atoms with Crippen LogP contribution >= 0.6 is 0 Å². The summed E-state index contributed by atoms with van der Waals surface area (Å²) < 4.78 is 0. The van der Waals surface area contributed by atoms with Crippen LogP contribution < -0.4 is 5.73 Å². The lowest BCUT2D eigenvalue weighted by Gasteiger charge is -2.41. The molecule has 1 heterocycles. The Bertz CT molecular complexity index is 666. The van der Waals surface area contributed by atoms with Crippen molar-refractivity contribution in [3.05, 3.63) is 42.2 Å². The molecule has 4 atom stereocenters. The van der Waals surface area contributed by atoms with E-state index in [9.17, 15) is 5.11 Å². The van der Waals surface area contributed by atoms with Gasteiger partial charge in [0.25, 0.3) is 0 Å². The van der Waals surface area contributed by atoms with Crippen LogP contribution in [0.4, 0.5) is 0 Å². The summed E-state index contributed by atoms with van der Waals surface area (Å²) in [7, 11) is 0. The topological polar surface area (TPSA) is 59.1 Å². The standard InChI is InChI=1S/C18H22N2O/c19-11-18(8-12-5-6-14(18)7-12)17(21)16-10-20-9-13-3-1-2-4-15(13)16/h1-4,9-10,12,14,17,21H,5-8,11,19H2. The number of rotatable bonds is 3. The average Bonchev–Trinajstić information content (AvgIpc) is 3.15. The zero-order valence-corrected chi connectivity index (χ0v) is 12.2. The monoisotopic (exact) mass is 282 g/mol. The van der Waals surface area contributed by atoms with Crippen molar-refractivity contribution in [2.24, 2.45) is 23.0 Å². The molecule has 2 bridgehead atoms. The SMILES string of the molecule is NCC1(C(O)c2cncc3ccccc23)CC2CCC1C2. The third-order valence-electron chi connectivity index (χ3n) is 5.94. The molecule has 2 aliphatic carbocycles. The molecule has 21 heavy (non-hydrogen) atoms. The van der Waals surface area contributed by atoms with Crippen molar-refractivity contribution in [1.82, 2.24) is 4.98 Å². The molecular formula is C18H22N2O. The van der Waals surface area contributed by atoms with Crippen molar-refractivity contribution < 1.29 is 5.11 Å². The summed E-state index contributed by atoms with van der Waals surface area (Å²) in [6, 6.07) is 8.16. The number of aliphatic hydroxyl groups is 1. The van der Waals surface area contributed by atoms with E-state index >= 15 is 0 Å². The molecule has 1 aromatic carbocycles. The molecule has 2 aromatic rings. The van der Waals surface area contributed by atoms with Gasteiger partial charge in [0.2, 0.25) is 0 Å². The maximum absolute atomic E-state index is 11.2. The second-order valence-corrected chi connectivity index (χ2v) is 6.87. The molecule has 110 valence electrons. The van der Waals surface area contributed by atoms with Crippen LogP contribution in [0.15, 0.2) is 36.7 Å². The largest absolute Gasteiger partial charge is 0.388 e. The molecule has 2 saturated carbocycles. The fraction of sp³-hybridized carbons (Fsp3) is 0.500. The highest BCUT2D eigenvalue weighted by atomic mass is 16.3. The Hall–Kier alpha value is -1.45. The summed E-state index contributed by atoms with van der Waals surface area (Å²) in [4.78, 5) is 4.33. The van der Waals surface area contributed by atoms with Crippen molar-refractivity contribution in [3.63, 3.8) is 0 Å². The first-order valence-electron chi connectivity index (χ1n) is 7.95. The van der Waals surface area contributed by atoms with E-state index in [1.165, 1.54) is 19.3 Å². The Balaban J connectivity index is 1.81. The minimum atomic E-state index is -0.503. The molecule has 0 spiro atoms. The molecule has 3 N–H and O–H groups in total. The van der Waals surface area contributed by atoms with E-state index in [-0.39, 0.29) is 5.41 Å². The van der Waals surface area contributed by atoms with Crippen molar-refractivity contribution >= 4 is 10.8 Å². The van der Waals surface area contributed by atoms with Crippen LogP contribution in [-0.2, 0) is 0 Å². The Morgan fingerprint density at radius 2 is 2.14 bits per heavy atom. The van der Waals surface area contributed by atoms with Crippen molar-refractivity contribution in [2.45, 2.75) is 31.8 Å². The van der Waals surface area contributed by atoms with Crippen LogP contribution in [0.2, 0.25) is 0 Å². The third kappa shape index (κ3) is 1.84. The summed E-state index contributed by atoms with van der Waals surface area (Å²) in [5.74, 6) is 1.33. The molecular weight excluding hydrogens is 260 g/mol. The summed E-state index contributed by atoms with van der Waals surface area (Å²) in [6.07, 6.45) is 8.03. The van der Waals surface area contributed by atoms with Gasteiger partial charge in [-0.2, -0.15) is 0 Å². The van der Waals surface area contributed by atoms with E-state index < -0.39 is 6.10 Å². The van der Waals surface area contributed by atoms with Gasteiger partial charge in [-0.25, -0.2) is 0 Å². The van der Waals surface area contributed by atoms with Gasteiger partial charge in [-0.3, -0.25) is 4.98 Å². The molecule has 3 heteroatoms. The van der Waals surface area contributed by atoms with Gasteiger partial charge in [-0.15, -0.1) is 0 Å².